The lowest BCUT2D eigenvalue weighted by atomic mass is 9.96. The van der Waals surface area contributed by atoms with Crippen molar-refractivity contribution < 1.29 is 9.21 Å². The molecule has 0 aliphatic heterocycles. The van der Waals surface area contributed by atoms with Crippen LogP contribution in [0, 0.1) is 6.92 Å². The molecule has 1 aromatic carbocycles. The molecule has 1 aliphatic rings. The molecule has 2 aromatic rings. The first-order valence-corrected chi connectivity index (χ1v) is 8.85. The fraction of sp³-hybridized carbons (Fsp3) is 0.450. The summed E-state index contributed by atoms with van der Waals surface area (Å²) in [5.74, 6) is 1.69. The van der Waals surface area contributed by atoms with Gasteiger partial charge in [0.05, 0.1) is 6.54 Å². The monoisotopic (exact) mass is 326 g/mol. The summed E-state index contributed by atoms with van der Waals surface area (Å²) in [7, 11) is 0. The van der Waals surface area contributed by atoms with Gasteiger partial charge in [-0.15, -0.1) is 0 Å². The molecule has 1 fully saturated rings. The van der Waals surface area contributed by atoms with Crippen molar-refractivity contribution in [3.05, 3.63) is 59.5 Å². The summed E-state index contributed by atoms with van der Waals surface area (Å²) in [6, 6.07) is 14.3. The molecule has 0 bridgehead atoms. The van der Waals surface area contributed by atoms with Gasteiger partial charge in [0.15, 0.2) is 0 Å². The lowest BCUT2D eigenvalue weighted by Gasteiger charge is -2.28. The van der Waals surface area contributed by atoms with Crippen molar-refractivity contribution >= 4 is 6.03 Å². The van der Waals surface area contributed by atoms with Gasteiger partial charge >= 0.3 is 6.03 Å². The van der Waals surface area contributed by atoms with Gasteiger partial charge in [-0.05, 0) is 37.5 Å². The third-order valence-electron chi connectivity index (χ3n) is 4.58. The Kier molecular flexibility index (Phi) is 5.57. The van der Waals surface area contributed by atoms with Crippen LogP contribution in [0.1, 0.15) is 49.2 Å². The van der Waals surface area contributed by atoms with Gasteiger partial charge in [0.25, 0.3) is 0 Å². The number of nitrogens with zero attached hydrogens (tertiary/aromatic N) is 1. The van der Waals surface area contributed by atoms with E-state index in [1.807, 2.05) is 54.3 Å². The number of carbonyl (C=O) groups is 1. The zero-order valence-electron chi connectivity index (χ0n) is 14.3. The summed E-state index contributed by atoms with van der Waals surface area (Å²) in [6.07, 6.45) is 5.88. The minimum absolute atomic E-state index is 0.000180. The molecule has 128 valence electrons. The van der Waals surface area contributed by atoms with E-state index in [-0.39, 0.29) is 6.03 Å². The quantitative estimate of drug-likeness (QED) is 0.870. The van der Waals surface area contributed by atoms with Crippen LogP contribution in [-0.2, 0) is 13.1 Å². The van der Waals surface area contributed by atoms with E-state index in [4.69, 9.17) is 4.42 Å². The molecular weight excluding hydrogens is 300 g/mol. The van der Waals surface area contributed by atoms with Gasteiger partial charge in [-0.3, -0.25) is 0 Å². The van der Waals surface area contributed by atoms with E-state index in [1.165, 1.54) is 19.3 Å². The Morgan fingerprint density at radius 1 is 1.08 bits per heavy atom. The predicted octanol–water partition coefficient (Wildman–Crippen LogP) is 4.63. The van der Waals surface area contributed by atoms with Crippen LogP contribution in [0.5, 0.6) is 0 Å². The maximum atomic E-state index is 12.8. The normalized spacial score (nSPS) is 15.2. The molecule has 4 heteroatoms. The van der Waals surface area contributed by atoms with Crippen LogP contribution in [0.3, 0.4) is 0 Å². The molecule has 0 atom stereocenters. The minimum Gasteiger partial charge on any atom is -0.464 e. The fourth-order valence-corrected chi connectivity index (χ4v) is 3.27. The van der Waals surface area contributed by atoms with E-state index in [9.17, 15) is 4.79 Å². The van der Waals surface area contributed by atoms with Crippen LogP contribution in [0.15, 0.2) is 46.9 Å². The maximum absolute atomic E-state index is 12.8. The number of hydrogen-bond acceptors (Lipinski definition) is 2. The van der Waals surface area contributed by atoms with Crippen molar-refractivity contribution in [2.24, 2.45) is 0 Å². The van der Waals surface area contributed by atoms with Gasteiger partial charge in [-0.25, -0.2) is 4.79 Å². The van der Waals surface area contributed by atoms with Gasteiger partial charge in [0.1, 0.15) is 11.5 Å². The lowest BCUT2D eigenvalue weighted by Crippen LogP contribution is -2.44. The Balaban J connectivity index is 1.68. The van der Waals surface area contributed by atoms with Crippen molar-refractivity contribution in [1.29, 1.82) is 0 Å². The highest BCUT2D eigenvalue weighted by atomic mass is 16.3. The van der Waals surface area contributed by atoms with Crippen molar-refractivity contribution in [3.8, 4) is 0 Å². The number of rotatable bonds is 5. The Hall–Kier alpha value is -2.23. The summed E-state index contributed by atoms with van der Waals surface area (Å²) in [6.45, 7) is 2.99. The molecule has 1 aromatic heterocycles. The molecule has 0 spiro atoms. The zero-order chi connectivity index (χ0) is 16.8. The number of nitrogens with one attached hydrogen (secondary N) is 1. The van der Waals surface area contributed by atoms with E-state index in [0.717, 1.165) is 29.9 Å². The standard InChI is InChI=1S/C20H26N2O2/c1-16-12-13-19(24-16)15-22(14-17-8-4-2-5-9-17)20(23)21-18-10-6-3-7-11-18/h2,4-5,8-9,12-13,18H,3,6-7,10-11,14-15H2,1H3,(H,21,23). The topological polar surface area (TPSA) is 45.5 Å². The Bertz CT molecular complexity index is 645. The highest BCUT2D eigenvalue weighted by Gasteiger charge is 2.21. The number of amides is 2. The van der Waals surface area contributed by atoms with Crippen molar-refractivity contribution in [1.82, 2.24) is 10.2 Å². The van der Waals surface area contributed by atoms with Crippen molar-refractivity contribution in [2.45, 2.75) is 58.2 Å². The van der Waals surface area contributed by atoms with E-state index < -0.39 is 0 Å². The first-order valence-electron chi connectivity index (χ1n) is 8.85. The summed E-state index contributed by atoms with van der Waals surface area (Å²) in [5, 5.41) is 3.21. The number of aryl methyl sites for hydroxylation is 1. The summed E-state index contributed by atoms with van der Waals surface area (Å²) in [5.41, 5.74) is 1.12. The number of benzene rings is 1. The van der Waals surface area contributed by atoms with Gasteiger partial charge < -0.3 is 14.6 Å². The van der Waals surface area contributed by atoms with E-state index >= 15 is 0 Å². The van der Waals surface area contributed by atoms with Crippen LogP contribution < -0.4 is 5.32 Å². The first kappa shape index (κ1) is 16.6. The molecule has 1 aliphatic carbocycles. The average Bonchev–Trinajstić information content (AvgIpc) is 3.01. The SMILES string of the molecule is Cc1ccc(CN(Cc2ccccc2)C(=O)NC2CCCCC2)o1. The molecule has 1 heterocycles. The Morgan fingerprint density at radius 3 is 2.50 bits per heavy atom. The van der Waals surface area contributed by atoms with Gasteiger partial charge in [0.2, 0.25) is 0 Å². The second-order valence-electron chi connectivity index (χ2n) is 6.64. The molecule has 0 saturated heterocycles. The molecular formula is C20H26N2O2. The third kappa shape index (κ3) is 4.63. The largest absolute Gasteiger partial charge is 0.464 e. The lowest BCUT2D eigenvalue weighted by molar-refractivity contribution is 0.179. The van der Waals surface area contributed by atoms with Gasteiger partial charge in [-0.1, -0.05) is 49.6 Å². The number of furan rings is 1. The van der Waals surface area contributed by atoms with Crippen molar-refractivity contribution in [3.63, 3.8) is 0 Å². The molecule has 3 rings (SSSR count). The Labute approximate surface area is 143 Å². The van der Waals surface area contributed by atoms with Gasteiger partial charge in [0, 0.05) is 12.6 Å². The molecule has 0 radical (unpaired) electrons. The molecule has 2 amide bonds. The second-order valence-corrected chi connectivity index (χ2v) is 6.64. The van der Waals surface area contributed by atoms with Crippen LogP contribution in [-0.4, -0.2) is 17.0 Å². The van der Waals surface area contributed by atoms with Crippen LogP contribution >= 0.6 is 0 Å². The van der Waals surface area contributed by atoms with Crippen LogP contribution in [0.4, 0.5) is 4.79 Å². The minimum atomic E-state index is -0.000180. The number of carbonyl (C=O) groups excluding carboxylic acids is 1. The van der Waals surface area contributed by atoms with Crippen LogP contribution in [0.2, 0.25) is 0 Å². The average molecular weight is 326 g/mol. The summed E-state index contributed by atoms with van der Waals surface area (Å²) < 4.78 is 5.67. The molecule has 1 N–H and O–H groups in total. The van der Waals surface area contributed by atoms with E-state index in [0.29, 0.717) is 19.1 Å². The second kappa shape index (κ2) is 8.04. The highest BCUT2D eigenvalue weighted by Crippen LogP contribution is 2.19. The smallest absolute Gasteiger partial charge is 0.318 e. The maximum Gasteiger partial charge on any atom is 0.318 e. The summed E-state index contributed by atoms with van der Waals surface area (Å²) >= 11 is 0. The highest BCUT2D eigenvalue weighted by molar-refractivity contribution is 5.74. The predicted molar refractivity (Wildman–Crippen MR) is 94.5 cm³/mol. The first-order chi connectivity index (χ1) is 11.7. The third-order valence-corrected chi connectivity index (χ3v) is 4.58. The molecule has 4 nitrogen and oxygen atoms in total. The molecule has 24 heavy (non-hydrogen) atoms. The van der Waals surface area contributed by atoms with E-state index in [2.05, 4.69) is 5.32 Å². The zero-order valence-corrected chi connectivity index (χ0v) is 14.3. The fourth-order valence-electron chi connectivity index (χ4n) is 3.27. The van der Waals surface area contributed by atoms with Gasteiger partial charge in [-0.2, -0.15) is 0 Å². The van der Waals surface area contributed by atoms with Crippen molar-refractivity contribution in [2.75, 3.05) is 0 Å². The molecule has 0 unspecified atom stereocenters. The number of urea groups is 1. The number of hydrogen-bond donors (Lipinski definition) is 1. The Morgan fingerprint density at radius 2 is 1.83 bits per heavy atom. The van der Waals surface area contributed by atoms with E-state index in [1.54, 1.807) is 0 Å². The van der Waals surface area contributed by atoms with Crippen LogP contribution in [0.25, 0.3) is 0 Å². The summed E-state index contributed by atoms with van der Waals surface area (Å²) in [4.78, 5) is 14.6. The molecule has 1 saturated carbocycles.